The number of H-pyrrole nitrogens is 1. The summed E-state index contributed by atoms with van der Waals surface area (Å²) in [5.74, 6) is 1.50. The number of allylic oxidation sites excluding steroid dienone is 2. The predicted molar refractivity (Wildman–Crippen MR) is 106 cm³/mol. The molecule has 0 aliphatic rings. The van der Waals surface area contributed by atoms with Crippen molar-refractivity contribution in [1.82, 2.24) is 29.3 Å². The number of rotatable bonds is 6. The lowest BCUT2D eigenvalue weighted by Gasteiger charge is -2.03. The van der Waals surface area contributed by atoms with Crippen LogP contribution in [0.5, 0.6) is 0 Å². The molecule has 8 nitrogen and oxygen atoms in total. The third-order valence-corrected chi connectivity index (χ3v) is 3.49. The van der Waals surface area contributed by atoms with Crippen molar-refractivity contribution in [2.75, 3.05) is 28.2 Å². The average Bonchev–Trinajstić information content (AvgIpc) is 3.17. The van der Waals surface area contributed by atoms with E-state index in [2.05, 4.69) is 15.0 Å². The van der Waals surface area contributed by atoms with Crippen LogP contribution in [0.2, 0.25) is 0 Å². The SMILES string of the molecule is Cc1ncc(C(=O)C=CN(C)C)[nH]1.Cc1ncc(C(=O)C=CN(C)C)n1C. The molecule has 0 radical (unpaired) electrons. The van der Waals surface area contributed by atoms with Crippen molar-refractivity contribution in [2.24, 2.45) is 7.05 Å². The zero-order valence-electron chi connectivity index (χ0n) is 17.0. The lowest BCUT2D eigenvalue weighted by molar-refractivity contribution is 0.103. The van der Waals surface area contributed by atoms with E-state index in [1.807, 2.05) is 54.0 Å². The van der Waals surface area contributed by atoms with Gasteiger partial charge in [0.25, 0.3) is 0 Å². The number of hydrogen-bond acceptors (Lipinski definition) is 6. The molecule has 0 aliphatic heterocycles. The fourth-order valence-corrected chi connectivity index (χ4v) is 1.89. The highest BCUT2D eigenvalue weighted by Gasteiger charge is 2.08. The molecule has 0 saturated carbocycles. The number of nitrogens with zero attached hydrogens (tertiary/aromatic N) is 5. The molecule has 1 N–H and O–H groups in total. The second-order valence-corrected chi connectivity index (χ2v) is 6.42. The number of aryl methyl sites for hydroxylation is 2. The van der Waals surface area contributed by atoms with E-state index in [0.717, 1.165) is 11.6 Å². The van der Waals surface area contributed by atoms with Gasteiger partial charge in [0.1, 0.15) is 23.0 Å². The van der Waals surface area contributed by atoms with Crippen molar-refractivity contribution >= 4 is 11.6 Å². The van der Waals surface area contributed by atoms with Crippen LogP contribution in [0, 0.1) is 13.8 Å². The summed E-state index contributed by atoms with van der Waals surface area (Å²) in [7, 11) is 9.31. The normalized spacial score (nSPS) is 10.8. The van der Waals surface area contributed by atoms with Gasteiger partial charge < -0.3 is 19.4 Å². The molecule has 0 fully saturated rings. The summed E-state index contributed by atoms with van der Waals surface area (Å²) < 4.78 is 1.78. The van der Waals surface area contributed by atoms with E-state index in [0.29, 0.717) is 11.4 Å². The third kappa shape index (κ3) is 7.31. The molecule has 0 amide bonds. The Labute approximate surface area is 160 Å². The summed E-state index contributed by atoms with van der Waals surface area (Å²) in [5, 5.41) is 0. The number of aromatic amines is 1. The molecule has 0 aliphatic carbocycles. The van der Waals surface area contributed by atoms with Crippen LogP contribution in [0.3, 0.4) is 0 Å². The zero-order chi connectivity index (χ0) is 20.6. The monoisotopic (exact) mass is 372 g/mol. The van der Waals surface area contributed by atoms with E-state index in [-0.39, 0.29) is 11.6 Å². The molecule has 2 aromatic heterocycles. The van der Waals surface area contributed by atoms with Gasteiger partial charge in [-0.15, -0.1) is 0 Å². The van der Waals surface area contributed by atoms with Crippen molar-refractivity contribution < 1.29 is 9.59 Å². The molecule has 146 valence electrons. The Morgan fingerprint density at radius 1 is 0.963 bits per heavy atom. The average molecular weight is 372 g/mol. The maximum atomic E-state index is 11.6. The Morgan fingerprint density at radius 3 is 1.93 bits per heavy atom. The standard InChI is InChI=1S/C10H15N3O.C9H13N3O/c1-8-11-7-9(13(8)4)10(14)5-6-12(2)3;1-7-10-6-8(11-7)9(13)4-5-12(2)3/h5-7H,1-4H3;4-6H,1-3H3,(H,10,11). The van der Waals surface area contributed by atoms with Crippen molar-refractivity contribution in [3.8, 4) is 0 Å². The van der Waals surface area contributed by atoms with E-state index in [1.54, 1.807) is 28.1 Å². The number of carbonyl (C=O) groups is 2. The number of imidazole rings is 2. The van der Waals surface area contributed by atoms with Crippen LogP contribution in [0.1, 0.15) is 32.6 Å². The molecule has 2 heterocycles. The summed E-state index contributed by atoms with van der Waals surface area (Å²) in [6.07, 6.45) is 9.61. The van der Waals surface area contributed by atoms with Gasteiger partial charge in [-0.3, -0.25) is 9.59 Å². The maximum Gasteiger partial charge on any atom is 0.205 e. The minimum absolute atomic E-state index is 0.0261. The topological polar surface area (TPSA) is 87.1 Å². The van der Waals surface area contributed by atoms with Gasteiger partial charge in [0, 0.05) is 59.8 Å². The first kappa shape index (κ1) is 21.9. The van der Waals surface area contributed by atoms with Gasteiger partial charge in [-0.25, -0.2) is 9.97 Å². The van der Waals surface area contributed by atoms with Crippen LogP contribution < -0.4 is 0 Å². The fraction of sp³-hybridized carbons (Fsp3) is 0.368. The molecular formula is C19H28N6O2. The molecule has 0 atom stereocenters. The molecule has 0 saturated heterocycles. The lowest BCUT2D eigenvalue weighted by Crippen LogP contribution is -2.06. The first-order valence-electron chi connectivity index (χ1n) is 8.39. The van der Waals surface area contributed by atoms with Gasteiger partial charge in [-0.05, 0) is 13.8 Å². The van der Waals surface area contributed by atoms with Gasteiger partial charge >= 0.3 is 0 Å². The molecule has 0 unspecified atom stereocenters. The summed E-state index contributed by atoms with van der Waals surface area (Å²) in [6.45, 7) is 3.68. The molecular weight excluding hydrogens is 344 g/mol. The highest BCUT2D eigenvalue weighted by molar-refractivity contribution is 6.03. The number of hydrogen-bond donors (Lipinski definition) is 1. The summed E-state index contributed by atoms with van der Waals surface area (Å²) in [6, 6.07) is 0. The van der Waals surface area contributed by atoms with Crippen LogP contribution >= 0.6 is 0 Å². The van der Waals surface area contributed by atoms with E-state index < -0.39 is 0 Å². The van der Waals surface area contributed by atoms with Gasteiger partial charge in [0.15, 0.2) is 0 Å². The Kier molecular flexibility index (Phi) is 8.19. The smallest absolute Gasteiger partial charge is 0.205 e. The van der Waals surface area contributed by atoms with Gasteiger partial charge in [0.05, 0.1) is 12.4 Å². The summed E-state index contributed by atoms with van der Waals surface area (Å²) in [5.41, 5.74) is 1.14. The second kappa shape index (κ2) is 10.1. The largest absolute Gasteiger partial charge is 0.383 e. The summed E-state index contributed by atoms with van der Waals surface area (Å²) >= 11 is 0. The van der Waals surface area contributed by atoms with Crippen molar-refractivity contribution in [2.45, 2.75) is 13.8 Å². The molecule has 2 rings (SSSR count). The number of carbonyl (C=O) groups excluding carboxylic acids is 2. The lowest BCUT2D eigenvalue weighted by atomic mass is 10.3. The van der Waals surface area contributed by atoms with Gasteiger partial charge in [-0.2, -0.15) is 0 Å². The molecule has 0 spiro atoms. The highest BCUT2D eigenvalue weighted by Crippen LogP contribution is 2.03. The molecule has 2 aromatic rings. The van der Waals surface area contributed by atoms with E-state index in [9.17, 15) is 9.59 Å². The first-order valence-corrected chi connectivity index (χ1v) is 8.39. The Morgan fingerprint density at radius 2 is 1.52 bits per heavy atom. The Bertz CT molecular complexity index is 827. The molecule has 27 heavy (non-hydrogen) atoms. The van der Waals surface area contributed by atoms with Crippen LogP contribution in [-0.2, 0) is 7.05 Å². The maximum absolute atomic E-state index is 11.6. The summed E-state index contributed by atoms with van der Waals surface area (Å²) in [4.78, 5) is 37.5. The number of nitrogens with one attached hydrogen (secondary N) is 1. The van der Waals surface area contributed by atoms with Crippen LogP contribution in [0.4, 0.5) is 0 Å². The van der Waals surface area contributed by atoms with Crippen molar-refractivity contribution in [3.05, 3.63) is 60.0 Å². The van der Waals surface area contributed by atoms with Crippen LogP contribution in [0.25, 0.3) is 0 Å². The van der Waals surface area contributed by atoms with Gasteiger partial charge in [0.2, 0.25) is 11.6 Å². The molecule has 0 bridgehead atoms. The van der Waals surface area contributed by atoms with Crippen molar-refractivity contribution in [1.29, 1.82) is 0 Å². The minimum atomic E-state index is -0.0608. The van der Waals surface area contributed by atoms with Crippen LogP contribution in [-0.4, -0.2) is 69.1 Å². The van der Waals surface area contributed by atoms with E-state index in [1.165, 1.54) is 18.3 Å². The molecule has 0 aromatic carbocycles. The Balaban J connectivity index is 0.000000271. The Hall–Kier alpha value is -3.16. The van der Waals surface area contributed by atoms with Crippen molar-refractivity contribution in [3.63, 3.8) is 0 Å². The minimum Gasteiger partial charge on any atom is -0.383 e. The second-order valence-electron chi connectivity index (χ2n) is 6.42. The number of ketones is 2. The van der Waals surface area contributed by atoms with E-state index >= 15 is 0 Å². The predicted octanol–water partition coefficient (Wildman–Crippen LogP) is 1.96. The quantitative estimate of drug-likeness (QED) is 0.616. The van der Waals surface area contributed by atoms with Crippen LogP contribution in [0.15, 0.2) is 36.9 Å². The third-order valence-electron chi connectivity index (χ3n) is 3.49. The number of aromatic nitrogens is 4. The fourth-order valence-electron chi connectivity index (χ4n) is 1.89. The first-order chi connectivity index (χ1) is 12.6. The molecule has 8 heteroatoms. The highest BCUT2D eigenvalue weighted by atomic mass is 16.1. The van der Waals surface area contributed by atoms with Gasteiger partial charge in [-0.1, -0.05) is 0 Å². The van der Waals surface area contributed by atoms with E-state index in [4.69, 9.17) is 0 Å². The zero-order valence-corrected chi connectivity index (χ0v) is 17.0.